The first-order chi connectivity index (χ1) is 15.1. The highest BCUT2D eigenvalue weighted by atomic mass is 35.5. The van der Waals surface area contributed by atoms with E-state index in [4.69, 9.17) is 11.6 Å². The summed E-state index contributed by atoms with van der Waals surface area (Å²) < 4.78 is 1.54. The summed E-state index contributed by atoms with van der Waals surface area (Å²) in [5.74, 6) is 0.280. The lowest BCUT2D eigenvalue weighted by Gasteiger charge is -2.36. The van der Waals surface area contributed by atoms with Crippen molar-refractivity contribution in [2.45, 2.75) is 11.7 Å². The first-order valence-corrected chi connectivity index (χ1v) is 11.4. The number of piperazine rings is 1. The highest BCUT2D eigenvalue weighted by molar-refractivity contribution is 7.99. The van der Waals surface area contributed by atoms with Gasteiger partial charge in [-0.3, -0.25) is 14.2 Å². The van der Waals surface area contributed by atoms with Gasteiger partial charge in [0.2, 0.25) is 5.91 Å². The van der Waals surface area contributed by atoms with Crippen molar-refractivity contribution in [1.82, 2.24) is 14.5 Å². The van der Waals surface area contributed by atoms with Gasteiger partial charge in [0.25, 0.3) is 5.56 Å². The Kier molecular flexibility index (Phi) is 6.63. The Bertz CT molecular complexity index is 1160. The zero-order valence-electron chi connectivity index (χ0n) is 17.0. The summed E-state index contributed by atoms with van der Waals surface area (Å²) in [6.07, 6.45) is 1.65. The number of anilines is 1. The van der Waals surface area contributed by atoms with E-state index in [9.17, 15) is 9.59 Å². The summed E-state index contributed by atoms with van der Waals surface area (Å²) in [6.45, 7) is 7.01. The molecule has 160 valence electrons. The molecule has 2 heterocycles. The van der Waals surface area contributed by atoms with Crippen LogP contribution < -0.4 is 10.5 Å². The van der Waals surface area contributed by atoms with E-state index in [2.05, 4.69) is 28.6 Å². The lowest BCUT2D eigenvalue weighted by atomic mass is 10.2. The van der Waals surface area contributed by atoms with Crippen LogP contribution in [0.15, 0.2) is 71.1 Å². The third kappa shape index (κ3) is 4.78. The van der Waals surface area contributed by atoms with Gasteiger partial charge in [-0.2, -0.15) is 0 Å². The Hall–Kier alpha value is -2.77. The number of thioether (sulfide) groups is 1. The molecule has 3 aromatic rings. The molecule has 2 aromatic carbocycles. The predicted octanol–water partition coefficient (Wildman–Crippen LogP) is 3.68. The van der Waals surface area contributed by atoms with E-state index in [1.54, 1.807) is 24.3 Å². The van der Waals surface area contributed by atoms with Crippen LogP contribution in [0.2, 0.25) is 5.02 Å². The van der Waals surface area contributed by atoms with Gasteiger partial charge in [-0.1, -0.05) is 47.6 Å². The van der Waals surface area contributed by atoms with E-state index in [0.29, 0.717) is 40.7 Å². The van der Waals surface area contributed by atoms with E-state index in [1.165, 1.54) is 22.0 Å². The summed E-state index contributed by atoms with van der Waals surface area (Å²) in [5, 5.41) is 1.46. The van der Waals surface area contributed by atoms with Crippen LogP contribution in [0.1, 0.15) is 0 Å². The molecule has 1 fully saturated rings. The topological polar surface area (TPSA) is 58.4 Å². The summed E-state index contributed by atoms with van der Waals surface area (Å²) >= 11 is 7.33. The second-order valence-corrected chi connectivity index (χ2v) is 8.63. The van der Waals surface area contributed by atoms with E-state index in [-0.39, 0.29) is 17.2 Å². The quantitative estimate of drug-likeness (QED) is 0.323. The molecule has 31 heavy (non-hydrogen) atoms. The van der Waals surface area contributed by atoms with E-state index in [0.717, 1.165) is 13.1 Å². The van der Waals surface area contributed by atoms with Crippen LogP contribution in [-0.4, -0.2) is 52.3 Å². The van der Waals surface area contributed by atoms with Crippen molar-refractivity contribution in [3.63, 3.8) is 0 Å². The smallest absolute Gasteiger partial charge is 0.262 e. The number of hydrogen-bond acceptors (Lipinski definition) is 5. The molecular weight excluding hydrogens is 432 g/mol. The van der Waals surface area contributed by atoms with Gasteiger partial charge in [-0.15, -0.1) is 6.58 Å². The van der Waals surface area contributed by atoms with Crippen molar-refractivity contribution < 1.29 is 4.79 Å². The molecule has 1 aromatic heterocycles. The number of fused-ring (bicyclic) bond motifs is 1. The van der Waals surface area contributed by atoms with Gasteiger partial charge in [0.1, 0.15) is 0 Å². The maximum Gasteiger partial charge on any atom is 0.262 e. The van der Waals surface area contributed by atoms with Gasteiger partial charge >= 0.3 is 0 Å². The van der Waals surface area contributed by atoms with Gasteiger partial charge in [0, 0.05) is 43.4 Å². The number of amides is 1. The highest BCUT2D eigenvalue weighted by Gasteiger charge is 2.22. The van der Waals surface area contributed by atoms with Gasteiger partial charge in [-0.25, -0.2) is 4.98 Å². The van der Waals surface area contributed by atoms with Crippen molar-refractivity contribution in [2.75, 3.05) is 36.8 Å². The molecule has 8 heteroatoms. The van der Waals surface area contributed by atoms with E-state index >= 15 is 0 Å². The van der Waals surface area contributed by atoms with Gasteiger partial charge in [-0.05, 0) is 30.3 Å². The minimum atomic E-state index is -0.182. The lowest BCUT2D eigenvalue weighted by Crippen LogP contribution is -2.49. The number of carbonyl (C=O) groups is 1. The fourth-order valence-electron chi connectivity index (χ4n) is 3.64. The van der Waals surface area contributed by atoms with E-state index < -0.39 is 0 Å². The Labute approximate surface area is 190 Å². The molecule has 0 N–H and O–H groups in total. The lowest BCUT2D eigenvalue weighted by molar-refractivity contribution is -0.128. The first kappa shape index (κ1) is 21.5. The number of aromatic nitrogens is 2. The van der Waals surface area contributed by atoms with Crippen molar-refractivity contribution >= 4 is 45.9 Å². The predicted molar refractivity (Wildman–Crippen MR) is 127 cm³/mol. The molecule has 1 amide bonds. The fraction of sp³-hybridized carbons (Fsp3) is 0.261. The largest absolute Gasteiger partial charge is 0.368 e. The number of carbonyl (C=O) groups excluding carboxylic acids is 1. The number of rotatable bonds is 6. The Morgan fingerprint density at radius 1 is 1.13 bits per heavy atom. The van der Waals surface area contributed by atoms with E-state index in [1.807, 2.05) is 23.1 Å². The van der Waals surface area contributed by atoms with Crippen LogP contribution in [-0.2, 0) is 11.3 Å². The summed E-state index contributed by atoms with van der Waals surface area (Å²) in [5.41, 5.74) is 1.57. The third-order valence-electron chi connectivity index (χ3n) is 5.27. The number of hydrogen-bond donors (Lipinski definition) is 0. The minimum Gasteiger partial charge on any atom is -0.368 e. The molecule has 1 saturated heterocycles. The summed E-state index contributed by atoms with van der Waals surface area (Å²) in [7, 11) is 0. The molecule has 4 rings (SSSR count). The summed E-state index contributed by atoms with van der Waals surface area (Å²) in [4.78, 5) is 34.5. The molecule has 0 spiro atoms. The average Bonchev–Trinajstić information content (AvgIpc) is 2.81. The number of para-hydroxylation sites is 1. The van der Waals surface area contributed by atoms with Crippen LogP contribution in [0.4, 0.5) is 5.69 Å². The van der Waals surface area contributed by atoms with Crippen LogP contribution in [0.3, 0.4) is 0 Å². The molecule has 0 aliphatic carbocycles. The maximum atomic E-state index is 12.9. The Morgan fingerprint density at radius 3 is 2.58 bits per heavy atom. The number of nitrogens with zero attached hydrogens (tertiary/aromatic N) is 4. The maximum absolute atomic E-state index is 12.9. The SMILES string of the molecule is C=CCn1c(SCC(=O)N2CCN(c3ccccc3)CC2)nc2ccc(Cl)cc2c1=O. The van der Waals surface area contributed by atoms with Crippen molar-refractivity contribution in [1.29, 1.82) is 0 Å². The van der Waals surface area contributed by atoms with Crippen LogP contribution in [0.25, 0.3) is 10.9 Å². The molecule has 0 radical (unpaired) electrons. The first-order valence-electron chi connectivity index (χ1n) is 10.1. The molecular formula is C23H23ClN4O2S. The fourth-order valence-corrected chi connectivity index (χ4v) is 4.73. The zero-order chi connectivity index (χ0) is 21.8. The Morgan fingerprint density at radius 2 is 1.87 bits per heavy atom. The molecule has 1 aliphatic heterocycles. The highest BCUT2D eigenvalue weighted by Crippen LogP contribution is 2.22. The van der Waals surface area contributed by atoms with Crippen molar-refractivity contribution in [3.05, 3.63) is 76.6 Å². The third-order valence-corrected chi connectivity index (χ3v) is 6.47. The summed E-state index contributed by atoms with van der Waals surface area (Å²) in [6, 6.07) is 15.3. The second-order valence-electron chi connectivity index (χ2n) is 7.25. The van der Waals surface area contributed by atoms with Crippen molar-refractivity contribution in [2.24, 2.45) is 0 Å². The van der Waals surface area contributed by atoms with Crippen LogP contribution >= 0.6 is 23.4 Å². The number of benzene rings is 2. The number of allylic oxidation sites excluding steroid dienone is 1. The van der Waals surface area contributed by atoms with Gasteiger partial charge < -0.3 is 9.80 Å². The van der Waals surface area contributed by atoms with Crippen molar-refractivity contribution in [3.8, 4) is 0 Å². The standard InChI is InChI=1S/C23H23ClN4O2S/c1-2-10-28-22(30)19-15-17(24)8-9-20(19)25-23(28)31-16-21(29)27-13-11-26(12-14-27)18-6-4-3-5-7-18/h2-9,15H,1,10-14,16H2. The van der Waals surface area contributed by atoms with Gasteiger partial charge in [0.15, 0.2) is 5.16 Å². The molecule has 0 atom stereocenters. The molecule has 6 nitrogen and oxygen atoms in total. The average molecular weight is 455 g/mol. The Balaban J connectivity index is 1.44. The van der Waals surface area contributed by atoms with Gasteiger partial charge in [0.05, 0.1) is 16.7 Å². The molecule has 0 unspecified atom stereocenters. The molecule has 0 saturated carbocycles. The zero-order valence-corrected chi connectivity index (χ0v) is 18.6. The molecule has 1 aliphatic rings. The monoisotopic (exact) mass is 454 g/mol. The normalized spacial score (nSPS) is 14.1. The van der Waals surface area contributed by atoms with Crippen LogP contribution in [0, 0.1) is 0 Å². The van der Waals surface area contributed by atoms with Crippen LogP contribution in [0.5, 0.6) is 0 Å². The minimum absolute atomic E-state index is 0.0494. The number of halogens is 1. The molecule has 0 bridgehead atoms. The second kappa shape index (κ2) is 9.58.